The molecule has 3 N–H and O–H groups in total. The maximum Gasteiger partial charge on any atom is 0.305 e. The molecule has 0 amide bonds. The molecule has 0 aliphatic rings. The molecule has 0 heterocycles. The molecule has 0 aromatic heterocycles. The van der Waals surface area contributed by atoms with Gasteiger partial charge in [-0.25, -0.2) is 0 Å². The van der Waals surface area contributed by atoms with Crippen LogP contribution >= 0.6 is 0 Å². The van der Waals surface area contributed by atoms with Gasteiger partial charge in [-0.15, -0.1) is 0 Å². The van der Waals surface area contributed by atoms with E-state index in [2.05, 4.69) is 0 Å². The summed E-state index contributed by atoms with van der Waals surface area (Å²) in [5.41, 5.74) is 5.20. The fraction of sp³-hybridized carbons (Fsp3) is 0.667. The third-order valence-corrected chi connectivity index (χ3v) is 1.16. The first-order valence-corrected chi connectivity index (χ1v) is 3.08. The Bertz CT molecular complexity index is 144. The summed E-state index contributed by atoms with van der Waals surface area (Å²) in [4.78, 5) is 20.7. The fourth-order valence-electron chi connectivity index (χ4n) is 0.564. The lowest BCUT2D eigenvalue weighted by Crippen LogP contribution is -2.32. The predicted molar refractivity (Wildman–Crippen MR) is 35.5 cm³/mol. The zero-order chi connectivity index (χ0) is 8.15. The number of Topliss-reactive ketones (excluding diaryl/α,β-unsaturated/α-hetero) is 1. The van der Waals surface area contributed by atoms with Gasteiger partial charge in [0.05, 0.1) is 12.5 Å². The Hall–Kier alpha value is -0.900. The topological polar surface area (TPSA) is 80.4 Å². The van der Waals surface area contributed by atoms with Crippen molar-refractivity contribution in [2.75, 3.05) is 0 Å². The van der Waals surface area contributed by atoms with Crippen molar-refractivity contribution in [1.29, 1.82) is 0 Å². The number of hydrogen-bond acceptors (Lipinski definition) is 3. The van der Waals surface area contributed by atoms with Crippen LogP contribution in [0.25, 0.3) is 0 Å². The molecule has 4 heteroatoms. The highest BCUT2D eigenvalue weighted by molar-refractivity contribution is 5.87. The van der Waals surface area contributed by atoms with Gasteiger partial charge in [0.15, 0.2) is 0 Å². The molecule has 0 radical (unpaired) electrons. The van der Waals surface area contributed by atoms with Crippen LogP contribution in [0.2, 0.25) is 0 Å². The largest absolute Gasteiger partial charge is 0.481 e. The van der Waals surface area contributed by atoms with Crippen molar-refractivity contribution in [1.82, 2.24) is 0 Å². The number of hydrogen-bond donors (Lipinski definition) is 2. The average Bonchev–Trinajstić information content (AvgIpc) is 1.85. The molecule has 58 valence electrons. The maximum absolute atomic E-state index is 10.7. The quantitative estimate of drug-likeness (QED) is 0.572. The molecule has 0 spiro atoms. The Morgan fingerprint density at radius 3 is 2.40 bits per heavy atom. The maximum atomic E-state index is 10.7. The summed E-state index contributed by atoms with van der Waals surface area (Å²) in [7, 11) is 0. The van der Waals surface area contributed by atoms with Crippen molar-refractivity contribution in [2.45, 2.75) is 25.8 Å². The second-order valence-corrected chi connectivity index (χ2v) is 2.02. The van der Waals surface area contributed by atoms with E-state index in [9.17, 15) is 9.59 Å². The molecule has 10 heavy (non-hydrogen) atoms. The van der Waals surface area contributed by atoms with E-state index in [-0.39, 0.29) is 12.2 Å². The Labute approximate surface area is 59.0 Å². The molecule has 0 aliphatic heterocycles. The minimum absolute atomic E-state index is 0.206. The molecular weight excluding hydrogens is 134 g/mol. The van der Waals surface area contributed by atoms with Crippen molar-refractivity contribution < 1.29 is 14.7 Å². The Morgan fingerprint density at radius 1 is 1.60 bits per heavy atom. The minimum atomic E-state index is -1.03. The van der Waals surface area contributed by atoms with E-state index >= 15 is 0 Å². The number of aliphatic carboxylic acids is 1. The summed E-state index contributed by atoms with van der Waals surface area (Å²) in [5.74, 6) is -1.24. The van der Waals surface area contributed by atoms with Gasteiger partial charge in [0.2, 0.25) is 0 Å². The molecule has 0 fully saturated rings. The van der Waals surface area contributed by atoms with Gasteiger partial charge < -0.3 is 10.8 Å². The van der Waals surface area contributed by atoms with Gasteiger partial charge in [-0.05, 0) is 0 Å². The van der Waals surface area contributed by atoms with E-state index in [0.717, 1.165) is 0 Å². The van der Waals surface area contributed by atoms with Crippen molar-refractivity contribution in [3.8, 4) is 0 Å². The second kappa shape index (κ2) is 4.00. The van der Waals surface area contributed by atoms with Crippen LogP contribution in [0.5, 0.6) is 0 Å². The van der Waals surface area contributed by atoms with Crippen LogP contribution in [0.3, 0.4) is 0 Å². The van der Waals surface area contributed by atoms with E-state index in [1.165, 1.54) is 0 Å². The van der Waals surface area contributed by atoms with Gasteiger partial charge in [-0.2, -0.15) is 0 Å². The molecular formula is C6H11NO3. The lowest BCUT2D eigenvalue weighted by Gasteiger charge is -2.03. The molecule has 0 aromatic carbocycles. The first kappa shape index (κ1) is 9.10. The Morgan fingerprint density at radius 2 is 2.10 bits per heavy atom. The molecule has 0 saturated carbocycles. The van der Waals surface area contributed by atoms with Crippen LogP contribution in [-0.4, -0.2) is 22.9 Å². The van der Waals surface area contributed by atoms with Gasteiger partial charge in [-0.3, -0.25) is 9.59 Å². The highest BCUT2D eigenvalue weighted by atomic mass is 16.4. The number of nitrogens with two attached hydrogens (primary N) is 1. The summed E-state index contributed by atoms with van der Waals surface area (Å²) >= 11 is 0. The van der Waals surface area contributed by atoms with Crippen molar-refractivity contribution >= 4 is 11.8 Å². The van der Waals surface area contributed by atoms with Crippen LogP contribution in [0, 0.1) is 0 Å². The van der Waals surface area contributed by atoms with Gasteiger partial charge >= 0.3 is 5.97 Å². The lowest BCUT2D eigenvalue weighted by atomic mass is 10.1. The Balaban J connectivity index is 3.72. The average molecular weight is 145 g/mol. The van der Waals surface area contributed by atoms with Gasteiger partial charge in [0.1, 0.15) is 5.78 Å². The van der Waals surface area contributed by atoms with Crippen molar-refractivity contribution in [3.05, 3.63) is 0 Å². The number of carbonyl (C=O) groups is 2. The first-order chi connectivity index (χ1) is 4.57. The van der Waals surface area contributed by atoms with Gasteiger partial charge in [0, 0.05) is 6.42 Å². The van der Waals surface area contributed by atoms with Crippen LogP contribution < -0.4 is 5.73 Å². The second-order valence-electron chi connectivity index (χ2n) is 2.02. The zero-order valence-corrected chi connectivity index (χ0v) is 5.83. The SMILES string of the molecule is CCC(=O)C(N)CC(=O)O. The van der Waals surface area contributed by atoms with Crippen LogP contribution in [0.4, 0.5) is 0 Å². The first-order valence-electron chi connectivity index (χ1n) is 3.08. The standard InChI is InChI=1S/C6H11NO3/c1-2-5(8)4(7)3-6(9)10/h4H,2-3,7H2,1H3,(H,9,10). The van der Waals surface area contributed by atoms with Crippen LogP contribution in [0.1, 0.15) is 19.8 Å². The normalized spacial score (nSPS) is 12.6. The fourth-order valence-corrected chi connectivity index (χ4v) is 0.564. The molecule has 4 nitrogen and oxygen atoms in total. The van der Waals surface area contributed by atoms with E-state index in [1.807, 2.05) is 0 Å². The van der Waals surface area contributed by atoms with E-state index < -0.39 is 12.0 Å². The predicted octanol–water partition coefficient (Wildman–Crippen LogP) is -0.233. The lowest BCUT2D eigenvalue weighted by molar-refractivity contribution is -0.139. The molecule has 1 unspecified atom stereocenters. The molecule has 0 saturated heterocycles. The van der Waals surface area contributed by atoms with E-state index in [4.69, 9.17) is 10.8 Å². The smallest absolute Gasteiger partial charge is 0.305 e. The summed E-state index contributed by atoms with van der Waals surface area (Å²) in [6.07, 6.45) is 0.0289. The van der Waals surface area contributed by atoms with Crippen molar-refractivity contribution in [2.24, 2.45) is 5.73 Å². The van der Waals surface area contributed by atoms with Crippen LogP contribution in [0.15, 0.2) is 0 Å². The molecule has 0 rings (SSSR count). The van der Waals surface area contributed by atoms with Gasteiger partial charge in [-0.1, -0.05) is 6.92 Å². The highest BCUT2D eigenvalue weighted by Gasteiger charge is 2.14. The summed E-state index contributed by atoms with van der Waals surface area (Å²) < 4.78 is 0. The van der Waals surface area contributed by atoms with Crippen LogP contribution in [-0.2, 0) is 9.59 Å². The zero-order valence-electron chi connectivity index (χ0n) is 5.83. The Kier molecular flexibility index (Phi) is 3.64. The third-order valence-electron chi connectivity index (χ3n) is 1.16. The number of rotatable bonds is 4. The van der Waals surface area contributed by atoms with Crippen molar-refractivity contribution in [3.63, 3.8) is 0 Å². The summed E-state index contributed by atoms with van der Waals surface area (Å²) in [6, 6.07) is -0.831. The summed E-state index contributed by atoms with van der Waals surface area (Å²) in [6.45, 7) is 1.66. The highest BCUT2D eigenvalue weighted by Crippen LogP contribution is 1.92. The number of carbonyl (C=O) groups excluding carboxylic acids is 1. The molecule has 0 bridgehead atoms. The number of carboxylic acid groups (broad SMARTS) is 1. The third kappa shape index (κ3) is 3.19. The number of ketones is 1. The molecule has 1 atom stereocenters. The minimum Gasteiger partial charge on any atom is -0.481 e. The van der Waals surface area contributed by atoms with E-state index in [0.29, 0.717) is 6.42 Å². The summed E-state index contributed by atoms with van der Waals surface area (Å²) in [5, 5.41) is 8.20. The molecule has 0 aliphatic carbocycles. The number of carboxylic acids is 1. The molecule has 0 aromatic rings. The monoisotopic (exact) mass is 145 g/mol. The van der Waals surface area contributed by atoms with Gasteiger partial charge in [0.25, 0.3) is 0 Å². The van der Waals surface area contributed by atoms with E-state index in [1.54, 1.807) is 6.92 Å².